The average molecular weight is 170 g/mol. The second-order valence-corrected chi connectivity index (χ2v) is 1.86. The van der Waals surface area contributed by atoms with Crippen LogP contribution in [0.25, 0.3) is 0 Å². The predicted octanol–water partition coefficient (Wildman–Crippen LogP) is 2.06. The minimum atomic E-state index is -0.291. The molecule has 1 rings (SSSR count). The average Bonchev–Trinajstić information content (AvgIpc) is 2.21. The number of carbonyl (C=O) groups is 1. The highest BCUT2D eigenvalue weighted by Crippen LogP contribution is 1.98. The fourth-order valence-electron chi connectivity index (χ4n) is 0.692. The number of methoxy groups -OCH3 is 1. The Hall–Kier alpha value is -1.38. The van der Waals surface area contributed by atoms with Crippen molar-refractivity contribution in [3.63, 3.8) is 0 Å². The summed E-state index contributed by atoms with van der Waals surface area (Å²) in [6.07, 6.45) is 0. The number of rotatable bonds is 1. The third-order valence-electron chi connectivity index (χ3n) is 1.19. The summed E-state index contributed by atoms with van der Waals surface area (Å²) in [5.41, 5.74) is 0.588. The Morgan fingerprint density at radius 2 is 1.75 bits per heavy atom. The molecule has 1 aromatic carbocycles. The molecule has 1 aromatic rings. The molecule has 3 heteroatoms. The molecule has 0 unspecified atom stereocenters. The molecule has 0 bridgehead atoms. The number of alkyl halides is 1. The maximum Gasteiger partial charge on any atom is 0.337 e. The van der Waals surface area contributed by atoms with Gasteiger partial charge in [-0.25, -0.2) is 4.79 Å². The topological polar surface area (TPSA) is 26.3 Å². The minimum Gasteiger partial charge on any atom is -0.465 e. The van der Waals surface area contributed by atoms with Crippen molar-refractivity contribution in [1.82, 2.24) is 0 Å². The smallest absolute Gasteiger partial charge is 0.337 e. The lowest BCUT2D eigenvalue weighted by atomic mass is 10.2. The highest BCUT2D eigenvalue weighted by molar-refractivity contribution is 5.89. The summed E-state index contributed by atoms with van der Waals surface area (Å²) in [5, 5.41) is 0. The van der Waals surface area contributed by atoms with Gasteiger partial charge in [0.1, 0.15) is 0 Å². The summed E-state index contributed by atoms with van der Waals surface area (Å²) in [6, 6.07) is 8.88. The zero-order valence-electron chi connectivity index (χ0n) is 7.08. The molecule has 0 heterocycles. The molecule has 0 aliphatic carbocycles. The van der Waals surface area contributed by atoms with E-state index in [0.29, 0.717) is 12.7 Å². The Labute approximate surface area is 71.0 Å². The molecule has 0 saturated carbocycles. The van der Waals surface area contributed by atoms with Crippen LogP contribution in [0.2, 0.25) is 0 Å². The first-order valence-corrected chi connectivity index (χ1v) is 3.36. The Kier molecular flexibility index (Phi) is 5.61. The summed E-state index contributed by atoms with van der Waals surface area (Å²) in [4.78, 5) is 10.8. The predicted molar refractivity (Wildman–Crippen MR) is 44.8 cm³/mol. The molecule has 0 aromatic heterocycles. The van der Waals surface area contributed by atoms with Crippen molar-refractivity contribution in [3.05, 3.63) is 35.9 Å². The van der Waals surface area contributed by atoms with Crippen LogP contribution >= 0.6 is 0 Å². The second-order valence-electron chi connectivity index (χ2n) is 1.86. The standard InChI is InChI=1S/C8H8O2.CH3F/c1-10-8(9)7-5-3-2-4-6-7;1-2/h2-6H,1H3;1H3. The van der Waals surface area contributed by atoms with E-state index in [1.165, 1.54) is 7.11 Å². The molecule has 0 amide bonds. The summed E-state index contributed by atoms with van der Waals surface area (Å²) in [6.45, 7) is 0. The van der Waals surface area contributed by atoms with Crippen LogP contribution in [0.3, 0.4) is 0 Å². The normalized spacial score (nSPS) is 7.92. The van der Waals surface area contributed by atoms with E-state index in [1.807, 2.05) is 6.07 Å². The molecule has 66 valence electrons. The van der Waals surface area contributed by atoms with E-state index in [9.17, 15) is 9.18 Å². The lowest BCUT2D eigenvalue weighted by Crippen LogP contribution is -1.99. The minimum absolute atomic E-state index is 0.291. The van der Waals surface area contributed by atoms with Crippen molar-refractivity contribution in [2.45, 2.75) is 0 Å². The van der Waals surface area contributed by atoms with Gasteiger partial charge in [-0.15, -0.1) is 0 Å². The number of hydrogen-bond acceptors (Lipinski definition) is 2. The van der Waals surface area contributed by atoms with Crippen LogP contribution < -0.4 is 0 Å². The number of benzene rings is 1. The van der Waals surface area contributed by atoms with Gasteiger partial charge >= 0.3 is 5.97 Å². The van der Waals surface area contributed by atoms with Gasteiger partial charge < -0.3 is 4.74 Å². The SMILES string of the molecule is CF.COC(=O)c1ccccc1. The van der Waals surface area contributed by atoms with Gasteiger partial charge in [0.05, 0.1) is 19.9 Å². The number of hydrogen-bond donors (Lipinski definition) is 0. The van der Waals surface area contributed by atoms with E-state index < -0.39 is 0 Å². The van der Waals surface area contributed by atoms with E-state index in [4.69, 9.17) is 0 Å². The number of carbonyl (C=O) groups excluding carboxylic acids is 1. The van der Waals surface area contributed by atoms with Crippen molar-refractivity contribution >= 4 is 5.97 Å². The Balaban J connectivity index is 0.000000561. The van der Waals surface area contributed by atoms with Crippen LogP contribution in [0.1, 0.15) is 10.4 Å². The lowest BCUT2D eigenvalue weighted by molar-refractivity contribution is 0.0601. The third kappa shape index (κ3) is 3.14. The van der Waals surface area contributed by atoms with Gasteiger partial charge in [0.15, 0.2) is 0 Å². The molecule has 0 spiro atoms. The van der Waals surface area contributed by atoms with Crippen molar-refractivity contribution in [3.8, 4) is 0 Å². The van der Waals surface area contributed by atoms with Crippen molar-refractivity contribution < 1.29 is 13.9 Å². The van der Waals surface area contributed by atoms with Gasteiger partial charge in [-0.1, -0.05) is 18.2 Å². The highest BCUT2D eigenvalue weighted by Gasteiger charge is 2.00. The van der Waals surface area contributed by atoms with Crippen LogP contribution in [0.15, 0.2) is 30.3 Å². The fourth-order valence-corrected chi connectivity index (χ4v) is 0.692. The van der Waals surface area contributed by atoms with E-state index in [-0.39, 0.29) is 5.97 Å². The van der Waals surface area contributed by atoms with Crippen LogP contribution in [-0.2, 0) is 4.74 Å². The first-order valence-electron chi connectivity index (χ1n) is 3.36. The Morgan fingerprint density at radius 1 is 1.25 bits per heavy atom. The molecule has 0 radical (unpaired) electrons. The van der Waals surface area contributed by atoms with Gasteiger partial charge in [0.25, 0.3) is 0 Å². The molecular weight excluding hydrogens is 159 g/mol. The lowest BCUT2D eigenvalue weighted by Gasteiger charge is -1.95. The molecule has 0 fully saturated rings. The maximum atomic E-state index is 10.8. The molecule has 0 aliphatic rings. The van der Waals surface area contributed by atoms with E-state index in [2.05, 4.69) is 4.74 Å². The maximum absolute atomic E-state index is 10.8. The van der Waals surface area contributed by atoms with Crippen LogP contribution in [0.5, 0.6) is 0 Å². The van der Waals surface area contributed by atoms with Gasteiger partial charge in [-0.05, 0) is 12.1 Å². The van der Waals surface area contributed by atoms with Crippen molar-refractivity contribution in [2.75, 3.05) is 14.3 Å². The Morgan fingerprint density at radius 3 is 2.17 bits per heavy atom. The van der Waals surface area contributed by atoms with Crippen LogP contribution in [0.4, 0.5) is 4.39 Å². The summed E-state index contributed by atoms with van der Waals surface area (Å²) >= 11 is 0. The summed E-state index contributed by atoms with van der Waals surface area (Å²) < 4.78 is 14.0. The quantitative estimate of drug-likeness (QED) is 0.603. The largest absolute Gasteiger partial charge is 0.465 e. The molecule has 2 nitrogen and oxygen atoms in total. The second kappa shape index (κ2) is 6.34. The third-order valence-corrected chi connectivity index (χ3v) is 1.19. The van der Waals surface area contributed by atoms with Gasteiger partial charge in [-0.2, -0.15) is 0 Å². The van der Waals surface area contributed by atoms with Gasteiger partial charge in [-0.3, -0.25) is 4.39 Å². The summed E-state index contributed by atoms with van der Waals surface area (Å²) in [5.74, 6) is -0.291. The van der Waals surface area contributed by atoms with E-state index in [1.54, 1.807) is 24.3 Å². The first kappa shape index (κ1) is 10.6. The summed E-state index contributed by atoms with van der Waals surface area (Å²) in [7, 11) is 1.87. The first-order chi connectivity index (χ1) is 5.84. The van der Waals surface area contributed by atoms with Gasteiger partial charge in [0.2, 0.25) is 0 Å². The number of ether oxygens (including phenoxy) is 1. The monoisotopic (exact) mass is 170 g/mol. The zero-order valence-corrected chi connectivity index (χ0v) is 7.08. The molecule has 0 atom stereocenters. The molecule has 0 aliphatic heterocycles. The molecule has 0 N–H and O–H groups in total. The molecule has 12 heavy (non-hydrogen) atoms. The van der Waals surface area contributed by atoms with E-state index >= 15 is 0 Å². The van der Waals surface area contributed by atoms with E-state index in [0.717, 1.165) is 0 Å². The van der Waals surface area contributed by atoms with Crippen molar-refractivity contribution in [1.29, 1.82) is 0 Å². The number of halogens is 1. The van der Waals surface area contributed by atoms with Crippen molar-refractivity contribution in [2.24, 2.45) is 0 Å². The van der Waals surface area contributed by atoms with Crippen LogP contribution in [0, 0.1) is 0 Å². The molecular formula is C9H11FO2. The van der Waals surface area contributed by atoms with Gasteiger partial charge in [0, 0.05) is 0 Å². The fraction of sp³-hybridized carbons (Fsp3) is 0.222. The Bertz CT molecular complexity index is 221. The zero-order chi connectivity index (χ0) is 9.40. The highest BCUT2D eigenvalue weighted by atomic mass is 19.1. The van der Waals surface area contributed by atoms with Crippen LogP contribution in [-0.4, -0.2) is 20.3 Å². The number of esters is 1. The molecule has 0 saturated heterocycles.